The van der Waals surface area contributed by atoms with Gasteiger partial charge in [0.1, 0.15) is 6.61 Å². The van der Waals surface area contributed by atoms with Gasteiger partial charge in [-0.2, -0.15) is 0 Å². The Labute approximate surface area is 167 Å². The van der Waals surface area contributed by atoms with Gasteiger partial charge in [-0.25, -0.2) is 4.99 Å². The third-order valence-electron chi connectivity index (χ3n) is 3.35. The average Bonchev–Trinajstić information content (AvgIpc) is 2.58. The van der Waals surface area contributed by atoms with Gasteiger partial charge in [0.2, 0.25) is 0 Å². The van der Waals surface area contributed by atoms with E-state index in [0.717, 1.165) is 37.2 Å². The number of nitrogens with one attached hydrogen (secondary N) is 2. The predicted octanol–water partition coefficient (Wildman–Crippen LogP) is 2.67. The van der Waals surface area contributed by atoms with Crippen molar-refractivity contribution in [2.45, 2.75) is 26.9 Å². The summed E-state index contributed by atoms with van der Waals surface area (Å²) in [5.74, 6) is 2.90. The Morgan fingerprint density at radius 3 is 2.76 bits per heavy atom. The van der Waals surface area contributed by atoms with Crippen molar-refractivity contribution in [3.8, 4) is 11.5 Å². The minimum absolute atomic E-state index is 0. The molecule has 0 aromatic heterocycles. The van der Waals surface area contributed by atoms with Crippen LogP contribution in [-0.4, -0.2) is 51.5 Å². The van der Waals surface area contributed by atoms with Crippen LogP contribution in [0, 0.1) is 5.92 Å². The van der Waals surface area contributed by atoms with Crippen LogP contribution < -0.4 is 20.1 Å². The molecule has 2 rings (SSSR count). The number of aliphatic imine (C=N–C) groups is 1. The topological polar surface area (TPSA) is 64.1 Å². The zero-order valence-corrected chi connectivity index (χ0v) is 17.6. The number of hydrogen-bond donors (Lipinski definition) is 2. The molecule has 0 bridgehead atoms. The molecule has 1 unspecified atom stereocenters. The maximum absolute atomic E-state index is 5.92. The molecule has 0 radical (unpaired) electrons. The minimum Gasteiger partial charge on any atom is -0.486 e. The number of benzene rings is 1. The number of rotatable bonds is 8. The highest BCUT2D eigenvalue weighted by Crippen LogP contribution is 2.30. The Hall–Kier alpha value is -1.22. The van der Waals surface area contributed by atoms with Gasteiger partial charge in [0, 0.05) is 19.7 Å². The van der Waals surface area contributed by atoms with Crippen molar-refractivity contribution in [2.75, 3.05) is 39.5 Å². The van der Waals surface area contributed by atoms with Gasteiger partial charge in [-0.05, 0) is 25.0 Å². The van der Waals surface area contributed by atoms with Crippen LogP contribution in [0.1, 0.15) is 20.8 Å². The molecule has 7 heteroatoms. The van der Waals surface area contributed by atoms with Crippen LogP contribution in [0.4, 0.5) is 0 Å². The molecule has 142 valence electrons. The molecule has 0 saturated heterocycles. The summed E-state index contributed by atoms with van der Waals surface area (Å²) in [5, 5.41) is 6.50. The normalized spacial score (nSPS) is 16.3. The number of guanidine groups is 1. The zero-order chi connectivity index (χ0) is 17.2. The quantitative estimate of drug-likeness (QED) is 0.269. The average molecular weight is 463 g/mol. The lowest BCUT2D eigenvalue weighted by molar-refractivity contribution is 0.0970. The van der Waals surface area contributed by atoms with Crippen molar-refractivity contribution in [1.29, 1.82) is 0 Å². The second-order valence-electron chi connectivity index (χ2n) is 6.11. The SMILES string of the molecule is CCNC(=NCC1COc2ccccc2O1)NCCOCC(C)C.I. The second-order valence-corrected chi connectivity index (χ2v) is 6.11. The molecular formula is C18H30IN3O3. The Morgan fingerprint density at radius 2 is 2.04 bits per heavy atom. The lowest BCUT2D eigenvalue weighted by Crippen LogP contribution is -2.40. The van der Waals surface area contributed by atoms with Crippen LogP contribution in [0.25, 0.3) is 0 Å². The molecule has 0 fully saturated rings. The van der Waals surface area contributed by atoms with E-state index in [9.17, 15) is 0 Å². The number of ether oxygens (including phenoxy) is 3. The first-order valence-electron chi connectivity index (χ1n) is 8.67. The third-order valence-corrected chi connectivity index (χ3v) is 3.35. The molecule has 1 atom stereocenters. The fourth-order valence-electron chi connectivity index (χ4n) is 2.25. The van der Waals surface area contributed by atoms with Gasteiger partial charge in [-0.1, -0.05) is 26.0 Å². The molecule has 1 aromatic rings. The highest BCUT2D eigenvalue weighted by molar-refractivity contribution is 14.0. The van der Waals surface area contributed by atoms with Gasteiger partial charge in [0.05, 0.1) is 13.2 Å². The van der Waals surface area contributed by atoms with E-state index in [1.165, 1.54) is 0 Å². The number of hydrogen-bond acceptors (Lipinski definition) is 4. The summed E-state index contributed by atoms with van der Waals surface area (Å²) in [5.41, 5.74) is 0. The number of halogens is 1. The Balaban J connectivity index is 0.00000312. The van der Waals surface area contributed by atoms with Crippen molar-refractivity contribution in [3.05, 3.63) is 24.3 Å². The van der Waals surface area contributed by atoms with Crippen molar-refractivity contribution >= 4 is 29.9 Å². The molecular weight excluding hydrogens is 433 g/mol. The van der Waals surface area contributed by atoms with E-state index in [-0.39, 0.29) is 30.1 Å². The molecule has 1 aromatic carbocycles. The summed E-state index contributed by atoms with van der Waals surface area (Å²) in [6.45, 7) is 10.4. The monoisotopic (exact) mass is 463 g/mol. The van der Waals surface area contributed by atoms with E-state index in [1.54, 1.807) is 0 Å². The van der Waals surface area contributed by atoms with E-state index in [1.807, 2.05) is 31.2 Å². The summed E-state index contributed by atoms with van der Waals surface area (Å²) in [4.78, 5) is 4.58. The van der Waals surface area contributed by atoms with E-state index in [2.05, 4.69) is 29.5 Å². The fraction of sp³-hybridized carbons (Fsp3) is 0.611. The van der Waals surface area contributed by atoms with E-state index < -0.39 is 0 Å². The Morgan fingerprint density at radius 1 is 1.28 bits per heavy atom. The van der Waals surface area contributed by atoms with Crippen molar-refractivity contribution in [2.24, 2.45) is 10.9 Å². The highest BCUT2D eigenvalue weighted by atomic mass is 127. The summed E-state index contributed by atoms with van der Waals surface area (Å²) >= 11 is 0. The molecule has 1 heterocycles. The molecule has 0 amide bonds. The number of nitrogens with zero attached hydrogens (tertiary/aromatic N) is 1. The maximum atomic E-state index is 5.92. The zero-order valence-electron chi connectivity index (χ0n) is 15.3. The second kappa shape index (κ2) is 12.2. The summed E-state index contributed by atoms with van der Waals surface area (Å²) in [6.07, 6.45) is -0.0763. The first-order chi connectivity index (χ1) is 11.7. The van der Waals surface area contributed by atoms with Crippen LogP contribution in [-0.2, 0) is 4.74 Å². The van der Waals surface area contributed by atoms with Crippen LogP contribution >= 0.6 is 24.0 Å². The standard InChI is InChI=1S/C18H29N3O3.HI/c1-4-19-18(20-9-10-22-12-14(2)3)21-11-15-13-23-16-7-5-6-8-17(16)24-15;/h5-8,14-15H,4,9-13H2,1-3H3,(H2,19,20,21);1H. The van der Waals surface area contributed by atoms with Crippen LogP contribution in [0.5, 0.6) is 11.5 Å². The minimum atomic E-state index is -0.0763. The van der Waals surface area contributed by atoms with E-state index in [4.69, 9.17) is 14.2 Å². The lowest BCUT2D eigenvalue weighted by Gasteiger charge is -2.25. The van der Waals surface area contributed by atoms with Crippen LogP contribution in [0.2, 0.25) is 0 Å². The number of para-hydroxylation sites is 2. The van der Waals surface area contributed by atoms with Gasteiger partial charge >= 0.3 is 0 Å². The van der Waals surface area contributed by atoms with E-state index >= 15 is 0 Å². The molecule has 1 aliphatic rings. The molecule has 25 heavy (non-hydrogen) atoms. The van der Waals surface area contributed by atoms with Gasteiger partial charge in [0.15, 0.2) is 23.6 Å². The molecule has 2 N–H and O–H groups in total. The van der Waals surface area contributed by atoms with Crippen molar-refractivity contribution in [1.82, 2.24) is 10.6 Å². The van der Waals surface area contributed by atoms with Gasteiger partial charge < -0.3 is 24.8 Å². The van der Waals surface area contributed by atoms with Crippen molar-refractivity contribution in [3.63, 3.8) is 0 Å². The molecule has 1 aliphatic heterocycles. The predicted molar refractivity (Wildman–Crippen MR) is 111 cm³/mol. The first-order valence-corrected chi connectivity index (χ1v) is 8.67. The molecule has 0 saturated carbocycles. The maximum Gasteiger partial charge on any atom is 0.191 e. The van der Waals surface area contributed by atoms with Crippen LogP contribution in [0.15, 0.2) is 29.3 Å². The molecule has 6 nitrogen and oxygen atoms in total. The smallest absolute Gasteiger partial charge is 0.191 e. The summed E-state index contributed by atoms with van der Waals surface area (Å²) in [6, 6.07) is 7.71. The number of fused-ring (bicyclic) bond motifs is 1. The molecule has 0 aliphatic carbocycles. The highest BCUT2D eigenvalue weighted by Gasteiger charge is 2.20. The fourth-order valence-corrected chi connectivity index (χ4v) is 2.25. The first kappa shape index (κ1) is 21.8. The lowest BCUT2D eigenvalue weighted by atomic mass is 10.2. The Bertz CT molecular complexity index is 526. The van der Waals surface area contributed by atoms with Gasteiger partial charge in [-0.3, -0.25) is 0 Å². The summed E-state index contributed by atoms with van der Waals surface area (Å²) < 4.78 is 17.2. The van der Waals surface area contributed by atoms with E-state index in [0.29, 0.717) is 25.7 Å². The van der Waals surface area contributed by atoms with Crippen molar-refractivity contribution < 1.29 is 14.2 Å². The van der Waals surface area contributed by atoms with Crippen LogP contribution in [0.3, 0.4) is 0 Å². The Kier molecular flexibility index (Phi) is 10.6. The van der Waals surface area contributed by atoms with Gasteiger partial charge in [-0.15, -0.1) is 24.0 Å². The largest absolute Gasteiger partial charge is 0.486 e. The van der Waals surface area contributed by atoms with Gasteiger partial charge in [0.25, 0.3) is 0 Å². The third kappa shape index (κ3) is 8.13. The summed E-state index contributed by atoms with van der Waals surface area (Å²) in [7, 11) is 0. The molecule has 0 spiro atoms.